The fourth-order valence-corrected chi connectivity index (χ4v) is 1.07. The molecule has 0 saturated carbocycles. The second kappa shape index (κ2) is 5.97. The Balaban J connectivity index is 1.94. The molecule has 0 aliphatic carbocycles. The third-order valence-electron chi connectivity index (χ3n) is 1.69. The van der Waals surface area contributed by atoms with Gasteiger partial charge in [-0.05, 0) is 12.8 Å². The number of hydrogen-bond donors (Lipinski definition) is 0. The molecule has 0 spiro atoms. The molecule has 0 unspecified atom stereocenters. The summed E-state index contributed by atoms with van der Waals surface area (Å²) in [4.78, 5) is 9.74. The largest absolute Gasteiger partial charge is 0.465 e. The summed E-state index contributed by atoms with van der Waals surface area (Å²) in [7, 11) is 0. The van der Waals surface area contributed by atoms with Crippen LogP contribution in [0.3, 0.4) is 0 Å². The molecular weight excluding hydrogens is 160 g/mol. The molecule has 0 N–H and O–H groups in total. The van der Waals surface area contributed by atoms with E-state index in [1.807, 2.05) is 0 Å². The minimum atomic E-state index is 0.223. The summed E-state index contributed by atoms with van der Waals surface area (Å²) in [5, 5.41) is 0. The van der Waals surface area contributed by atoms with Crippen molar-refractivity contribution in [3.05, 3.63) is 6.61 Å². The van der Waals surface area contributed by atoms with E-state index < -0.39 is 0 Å². The van der Waals surface area contributed by atoms with Crippen LogP contribution in [-0.4, -0.2) is 32.4 Å². The molecule has 69 valence electrons. The Morgan fingerprint density at radius 2 is 2.17 bits per heavy atom. The quantitative estimate of drug-likeness (QED) is 0.449. The van der Waals surface area contributed by atoms with Crippen LogP contribution in [0.4, 0.5) is 0 Å². The first kappa shape index (κ1) is 9.48. The van der Waals surface area contributed by atoms with E-state index in [1.54, 1.807) is 0 Å². The third kappa shape index (κ3) is 3.69. The standard InChI is InChI=1S/C8H13O4/c9-7-11-5-6-12-8-1-3-10-4-2-8/h6-8H,1-5H2. The van der Waals surface area contributed by atoms with Crippen molar-refractivity contribution in [2.75, 3.05) is 19.8 Å². The van der Waals surface area contributed by atoms with Crippen LogP contribution in [0, 0.1) is 6.61 Å². The van der Waals surface area contributed by atoms with E-state index in [2.05, 4.69) is 4.74 Å². The maximum Gasteiger partial charge on any atom is 0.293 e. The molecule has 12 heavy (non-hydrogen) atoms. The molecule has 0 bridgehead atoms. The van der Waals surface area contributed by atoms with Crippen molar-refractivity contribution in [2.24, 2.45) is 0 Å². The third-order valence-corrected chi connectivity index (χ3v) is 1.69. The molecule has 4 heteroatoms. The summed E-state index contributed by atoms with van der Waals surface area (Å²) >= 11 is 0. The van der Waals surface area contributed by atoms with Gasteiger partial charge in [-0.2, -0.15) is 0 Å². The molecule has 0 amide bonds. The highest BCUT2D eigenvalue weighted by Crippen LogP contribution is 2.11. The smallest absolute Gasteiger partial charge is 0.293 e. The Labute approximate surface area is 71.8 Å². The van der Waals surface area contributed by atoms with Crippen molar-refractivity contribution in [1.82, 2.24) is 0 Å². The van der Waals surface area contributed by atoms with Crippen molar-refractivity contribution in [3.63, 3.8) is 0 Å². The molecule has 1 saturated heterocycles. The van der Waals surface area contributed by atoms with E-state index in [-0.39, 0.29) is 12.7 Å². The SMILES string of the molecule is O=COC[CH]OC1CCOCC1. The lowest BCUT2D eigenvalue weighted by atomic mass is 10.2. The van der Waals surface area contributed by atoms with Gasteiger partial charge >= 0.3 is 0 Å². The van der Waals surface area contributed by atoms with Crippen molar-refractivity contribution in [1.29, 1.82) is 0 Å². The first-order valence-corrected chi connectivity index (χ1v) is 4.03. The second-order valence-corrected chi connectivity index (χ2v) is 2.54. The van der Waals surface area contributed by atoms with Gasteiger partial charge in [-0.25, -0.2) is 0 Å². The average molecular weight is 173 g/mol. The minimum absolute atomic E-state index is 0.223. The molecule has 1 aliphatic heterocycles. The summed E-state index contributed by atoms with van der Waals surface area (Å²) in [6.07, 6.45) is 2.06. The van der Waals surface area contributed by atoms with Crippen LogP contribution >= 0.6 is 0 Å². The summed E-state index contributed by atoms with van der Waals surface area (Å²) in [6.45, 7) is 3.66. The number of carbonyl (C=O) groups is 1. The van der Waals surface area contributed by atoms with E-state index in [4.69, 9.17) is 9.47 Å². The van der Waals surface area contributed by atoms with E-state index >= 15 is 0 Å². The molecule has 0 aromatic rings. The Morgan fingerprint density at radius 1 is 1.42 bits per heavy atom. The van der Waals surface area contributed by atoms with Gasteiger partial charge < -0.3 is 14.2 Å². The Kier molecular flexibility index (Phi) is 4.71. The van der Waals surface area contributed by atoms with Crippen LogP contribution in [0.5, 0.6) is 0 Å². The Hall–Kier alpha value is -0.610. The van der Waals surface area contributed by atoms with Gasteiger partial charge in [0.25, 0.3) is 6.47 Å². The Bertz CT molecular complexity index is 120. The van der Waals surface area contributed by atoms with Gasteiger partial charge in [0, 0.05) is 13.2 Å². The maximum atomic E-state index is 9.74. The first-order valence-electron chi connectivity index (χ1n) is 4.03. The van der Waals surface area contributed by atoms with Gasteiger partial charge in [0.1, 0.15) is 13.2 Å². The minimum Gasteiger partial charge on any atom is -0.465 e. The van der Waals surface area contributed by atoms with Crippen molar-refractivity contribution >= 4 is 6.47 Å². The van der Waals surface area contributed by atoms with Gasteiger partial charge in [0.05, 0.1) is 6.10 Å². The molecule has 1 rings (SSSR count). The lowest BCUT2D eigenvalue weighted by Crippen LogP contribution is -2.23. The molecule has 1 radical (unpaired) electrons. The van der Waals surface area contributed by atoms with Gasteiger partial charge in [-0.1, -0.05) is 0 Å². The Morgan fingerprint density at radius 3 is 2.83 bits per heavy atom. The molecule has 1 aliphatic rings. The molecule has 1 fully saturated rings. The van der Waals surface area contributed by atoms with Crippen molar-refractivity contribution in [3.8, 4) is 0 Å². The maximum absolute atomic E-state index is 9.74. The van der Waals surface area contributed by atoms with Crippen LogP contribution in [-0.2, 0) is 19.0 Å². The molecule has 1 heterocycles. The zero-order chi connectivity index (χ0) is 8.65. The lowest BCUT2D eigenvalue weighted by molar-refractivity contribution is -0.129. The summed E-state index contributed by atoms with van der Waals surface area (Å²) < 4.78 is 14.9. The fraction of sp³-hybridized carbons (Fsp3) is 0.750. The van der Waals surface area contributed by atoms with Crippen LogP contribution in [0.15, 0.2) is 0 Å². The zero-order valence-electron chi connectivity index (χ0n) is 6.90. The second-order valence-electron chi connectivity index (χ2n) is 2.54. The van der Waals surface area contributed by atoms with E-state index in [9.17, 15) is 4.79 Å². The lowest BCUT2D eigenvalue weighted by Gasteiger charge is -2.21. The van der Waals surface area contributed by atoms with Crippen LogP contribution in [0.25, 0.3) is 0 Å². The van der Waals surface area contributed by atoms with E-state index in [1.165, 1.54) is 6.61 Å². The van der Waals surface area contributed by atoms with E-state index in [0.717, 1.165) is 26.1 Å². The monoisotopic (exact) mass is 173 g/mol. The molecule has 4 nitrogen and oxygen atoms in total. The predicted octanol–water partition coefficient (Wildman–Crippen LogP) is 0.517. The zero-order valence-corrected chi connectivity index (χ0v) is 6.90. The number of rotatable bonds is 5. The van der Waals surface area contributed by atoms with Gasteiger partial charge in [-0.15, -0.1) is 0 Å². The summed E-state index contributed by atoms with van der Waals surface area (Å²) in [5.41, 5.74) is 0. The summed E-state index contributed by atoms with van der Waals surface area (Å²) in [5.74, 6) is 0. The van der Waals surface area contributed by atoms with Crippen LogP contribution in [0.2, 0.25) is 0 Å². The van der Waals surface area contributed by atoms with Crippen molar-refractivity contribution in [2.45, 2.75) is 18.9 Å². The van der Waals surface area contributed by atoms with Crippen LogP contribution in [0.1, 0.15) is 12.8 Å². The topological polar surface area (TPSA) is 44.8 Å². The molecular formula is C8H13O4. The highest BCUT2D eigenvalue weighted by atomic mass is 16.6. The highest BCUT2D eigenvalue weighted by Gasteiger charge is 2.13. The summed E-state index contributed by atoms with van der Waals surface area (Å²) in [6, 6.07) is 0. The van der Waals surface area contributed by atoms with Crippen molar-refractivity contribution < 1.29 is 19.0 Å². The highest BCUT2D eigenvalue weighted by molar-refractivity contribution is 5.36. The van der Waals surface area contributed by atoms with Gasteiger partial charge in [0.2, 0.25) is 0 Å². The molecule has 0 aromatic heterocycles. The number of carbonyl (C=O) groups excluding carboxylic acids is 1. The molecule has 0 aromatic carbocycles. The predicted molar refractivity (Wildman–Crippen MR) is 41.2 cm³/mol. The van der Waals surface area contributed by atoms with Gasteiger partial charge in [-0.3, -0.25) is 4.79 Å². The molecule has 0 atom stereocenters. The first-order chi connectivity index (χ1) is 5.93. The van der Waals surface area contributed by atoms with Crippen LogP contribution < -0.4 is 0 Å². The fourth-order valence-electron chi connectivity index (χ4n) is 1.07. The average Bonchev–Trinajstić information content (AvgIpc) is 2.14. The van der Waals surface area contributed by atoms with E-state index in [0.29, 0.717) is 6.47 Å². The normalized spacial score (nSPS) is 19.0. The number of hydrogen-bond acceptors (Lipinski definition) is 4. The van der Waals surface area contributed by atoms with Gasteiger partial charge in [0.15, 0.2) is 0 Å². The number of ether oxygens (including phenoxy) is 3.